The summed E-state index contributed by atoms with van der Waals surface area (Å²) in [6, 6.07) is 6.53. The van der Waals surface area contributed by atoms with E-state index in [0.717, 1.165) is 26.1 Å². The van der Waals surface area contributed by atoms with Gasteiger partial charge in [0, 0.05) is 13.2 Å². The average Bonchev–Trinajstić information content (AvgIpc) is 2.95. The molecule has 0 unspecified atom stereocenters. The monoisotopic (exact) mass is 362 g/mol. The van der Waals surface area contributed by atoms with E-state index in [0.29, 0.717) is 24.3 Å². The quantitative estimate of drug-likeness (QED) is 0.278. The largest absolute Gasteiger partial charge is 0.386 e. The topological polar surface area (TPSA) is 61.8 Å². The molecule has 0 saturated heterocycles. The summed E-state index contributed by atoms with van der Waals surface area (Å²) in [6.07, 6.45) is 6.99. The summed E-state index contributed by atoms with van der Waals surface area (Å²) >= 11 is 0. The Labute approximate surface area is 156 Å². The molecule has 1 aliphatic heterocycles. The van der Waals surface area contributed by atoms with Crippen LogP contribution in [0.5, 0.6) is 0 Å². The number of rotatable bonds is 9. The molecule has 1 aliphatic rings. The molecule has 144 valence electrons. The SMILES string of the molecule is C=CCOCCC.C=CCOCCCC.O=C1OC(=O)c2ccccc21. The van der Waals surface area contributed by atoms with Crippen LogP contribution in [-0.2, 0) is 14.2 Å². The maximum absolute atomic E-state index is 10.8. The van der Waals surface area contributed by atoms with E-state index in [1.807, 2.05) is 0 Å². The van der Waals surface area contributed by atoms with Gasteiger partial charge in [0.15, 0.2) is 0 Å². The second-order valence-electron chi connectivity index (χ2n) is 5.30. The summed E-state index contributed by atoms with van der Waals surface area (Å²) in [5.74, 6) is -1.10. The third-order valence-electron chi connectivity index (χ3n) is 3.01. The molecule has 0 aliphatic carbocycles. The number of esters is 2. The first-order chi connectivity index (χ1) is 12.6. The smallest absolute Gasteiger partial charge is 0.346 e. The number of fused-ring (bicyclic) bond motifs is 1. The Bertz CT molecular complexity index is 518. The number of carbonyl (C=O) groups excluding carboxylic acids is 2. The van der Waals surface area contributed by atoms with Crippen molar-refractivity contribution in [1.29, 1.82) is 0 Å². The molecule has 2 rings (SSSR count). The molecule has 5 heteroatoms. The normalized spacial score (nSPS) is 11.3. The number of ether oxygens (including phenoxy) is 3. The van der Waals surface area contributed by atoms with Gasteiger partial charge in [0.25, 0.3) is 0 Å². The van der Waals surface area contributed by atoms with Gasteiger partial charge in [-0.1, -0.05) is 44.6 Å². The van der Waals surface area contributed by atoms with E-state index < -0.39 is 11.9 Å². The van der Waals surface area contributed by atoms with Crippen molar-refractivity contribution in [2.24, 2.45) is 0 Å². The molecule has 5 nitrogen and oxygen atoms in total. The van der Waals surface area contributed by atoms with Crippen LogP contribution in [0.1, 0.15) is 53.8 Å². The van der Waals surface area contributed by atoms with E-state index >= 15 is 0 Å². The van der Waals surface area contributed by atoms with Crippen LogP contribution in [0.2, 0.25) is 0 Å². The van der Waals surface area contributed by atoms with E-state index in [-0.39, 0.29) is 0 Å². The van der Waals surface area contributed by atoms with Gasteiger partial charge in [0.2, 0.25) is 0 Å². The average molecular weight is 362 g/mol. The van der Waals surface area contributed by atoms with Crippen molar-refractivity contribution in [1.82, 2.24) is 0 Å². The van der Waals surface area contributed by atoms with Crippen molar-refractivity contribution in [2.75, 3.05) is 26.4 Å². The fraction of sp³-hybridized carbons (Fsp3) is 0.429. The summed E-state index contributed by atoms with van der Waals surface area (Å²) in [6.45, 7) is 14.4. The van der Waals surface area contributed by atoms with Crippen molar-refractivity contribution in [2.45, 2.75) is 33.1 Å². The van der Waals surface area contributed by atoms with E-state index in [9.17, 15) is 9.59 Å². The minimum absolute atomic E-state index is 0.359. The molecular weight excluding hydrogens is 332 g/mol. The first-order valence-electron chi connectivity index (χ1n) is 8.85. The van der Waals surface area contributed by atoms with E-state index in [2.05, 4.69) is 31.7 Å². The van der Waals surface area contributed by atoms with Gasteiger partial charge in [-0.05, 0) is 25.0 Å². The van der Waals surface area contributed by atoms with Crippen molar-refractivity contribution >= 4 is 11.9 Å². The highest BCUT2D eigenvalue weighted by atomic mass is 16.6. The lowest BCUT2D eigenvalue weighted by atomic mass is 10.1. The molecule has 0 bridgehead atoms. The molecule has 0 aromatic heterocycles. The molecule has 0 N–H and O–H groups in total. The molecular formula is C21H30O5. The molecule has 0 fully saturated rings. The summed E-state index contributed by atoms with van der Waals surface area (Å²) in [5.41, 5.74) is 0.718. The number of unbranched alkanes of at least 4 members (excludes halogenated alkanes) is 1. The highest BCUT2D eigenvalue weighted by Crippen LogP contribution is 2.18. The van der Waals surface area contributed by atoms with Gasteiger partial charge in [-0.2, -0.15) is 0 Å². The summed E-state index contributed by atoms with van der Waals surface area (Å²) < 4.78 is 14.5. The van der Waals surface area contributed by atoms with Crippen LogP contribution in [-0.4, -0.2) is 38.4 Å². The Balaban J connectivity index is 0.000000376. The Morgan fingerprint density at radius 3 is 1.81 bits per heavy atom. The third-order valence-corrected chi connectivity index (χ3v) is 3.01. The van der Waals surface area contributed by atoms with Gasteiger partial charge in [0.05, 0.1) is 24.3 Å². The molecule has 0 atom stereocenters. The van der Waals surface area contributed by atoms with Gasteiger partial charge in [-0.3, -0.25) is 0 Å². The molecule has 0 saturated carbocycles. The Morgan fingerprint density at radius 1 is 0.885 bits per heavy atom. The minimum Gasteiger partial charge on any atom is -0.386 e. The van der Waals surface area contributed by atoms with Crippen LogP contribution in [0, 0.1) is 0 Å². The van der Waals surface area contributed by atoms with Gasteiger partial charge >= 0.3 is 11.9 Å². The van der Waals surface area contributed by atoms with Gasteiger partial charge in [0.1, 0.15) is 0 Å². The second kappa shape index (κ2) is 16.2. The maximum Gasteiger partial charge on any atom is 0.346 e. The molecule has 26 heavy (non-hydrogen) atoms. The van der Waals surface area contributed by atoms with E-state index in [4.69, 9.17) is 9.47 Å². The summed E-state index contributed by atoms with van der Waals surface area (Å²) in [5, 5.41) is 0. The zero-order chi connectivity index (χ0) is 19.6. The van der Waals surface area contributed by atoms with E-state index in [1.54, 1.807) is 36.4 Å². The van der Waals surface area contributed by atoms with Gasteiger partial charge < -0.3 is 14.2 Å². The van der Waals surface area contributed by atoms with Crippen LogP contribution in [0.25, 0.3) is 0 Å². The fourth-order valence-electron chi connectivity index (χ4n) is 1.76. The first-order valence-corrected chi connectivity index (χ1v) is 8.85. The van der Waals surface area contributed by atoms with Crippen LogP contribution < -0.4 is 0 Å². The standard InChI is InChI=1S/C8H4O3.C7H14O.C6H12O/c9-7-5-3-1-2-4-6(5)8(10)11-7;1-3-5-7-8-6-4-2;1-3-5-7-6-4-2/h1-4H;4H,2-3,5-7H2,1H3;3H,1,4-6H2,2H3. The van der Waals surface area contributed by atoms with Crippen molar-refractivity contribution in [3.63, 3.8) is 0 Å². The highest BCUT2D eigenvalue weighted by molar-refractivity contribution is 6.14. The Kier molecular flexibility index (Phi) is 14.8. The van der Waals surface area contributed by atoms with Gasteiger partial charge in [-0.25, -0.2) is 9.59 Å². The highest BCUT2D eigenvalue weighted by Gasteiger charge is 2.28. The lowest BCUT2D eigenvalue weighted by Gasteiger charge is -1.95. The Hall–Kier alpha value is -2.24. The predicted octanol–water partition coefficient (Wildman–Crippen LogP) is 4.59. The zero-order valence-electron chi connectivity index (χ0n) is 15.9. The third kappa shape index (κ3) is 10.6. The molecule has 0 radical (unpaired) electrons. The van der Waals surface area contributed by atoms with Crippen LogP contribution >= 0.6 is 0 Å². The van der Waals surface area contributed by atoms with Crippen molar-refractivity contribution in [3.05, 3.63) is 60.7 Å². The lowest BCUT2D eigenvalue weighted by Crippen LogP contribution is -1.96. The summed E-state index contributed by atoms with van der Waals surface area (Å²) in [7, 11) is 0. The maximum atomic E-state index is 10.8. The van der Waals surface area contributed by atoms with Crippen LogP contribution in [0.3, 0.4) is 0 Å². The molecule has 0 spiro atoms. The molecule has 0 amide bonds. The number of carbonyl (C=O) groups is 2. The molecule has 1 aromatic carbocycles. The number of hydrogen-bond donors (Lipinski definition) is 0. The lowest BCUT2D eigenvalue weighted by molar-refractivity contribution is 0.0443. The van der Waals surface area contributed by atoms with Crippen molar-refractivity contribution < 1.29 is 23.8 Å². The predicted molar refractivity (Wildman–Crippen MR) is 103 cm³/mol. The zero-order valence-corrected chi connectivity index (χ0v) is 15.9. The first kappa shape index (κ1) is 23.8. The number of benzene rings is 1. The second-order valence-corrected chi connectivity index (χ2v) is 5.30. The minimum atomic E-state index is -0.550. The summed E-state index contributed by atoms with van der Waals surface area (Å²) in [4.78, 5) is 21.7. The van der Waals surface area contributed by atoms with Crippen LogP contribution in [0.15, 0.2) is 49.6 Å². The van der Waals surface area contributed by atoms with Crippen LogP contribution in [0.4, 0.5) is 0 Å². The number of cyclic esters (lactones) is 2. The van der Waals surface area contributed by atoms with Crippen molar-refractivity contribution in [3.8, 4) is 0 Å². The molecule has 1 aromatic rings. The molecule has 1 heterocycles. The van der Waals surface area contributed by atoms with E-state index in [1.165, 1.54) is 6.42 Å². The Morgan fingerprint density at radius 2 is 1.38 bits per heavy atom. The fourth-order valence-corrected chi connectivity index (χ4v) is 1.76. The van der Waals surface area contributed by atoms with Gasteiger partial charge in [-0.15, -0.1) is 13.2 Å². The number of hydrogen-bond acceptors (Lipinski definition) is 5.